The molecule has 0 amide bonds. The van der Waals surface area contributed by atoms with Crippen molar-refractivity contribution < 1.29 is 26.3 Å². The lowest BCUT2D eigenvalue weighted by atomic mass is 10.1. The summed E-state index contributed by atoms with van der Waals surface area (Å²) in [5, 5.41) is 0. The van der Waals surface area contributed by atoms with Crippen molar-refractivity contribution in [1.82, 2.24) is 0 Å². The molecule has 7 heteroatoms. The van der Waals surface area contributed by atoms with Crippen LogP contribution in [-0.4, -0.2) is 18.4 Å². The summed E-state index contributed by atoms with van der Waals surface area (Å²) >= 11 is 0. The van der Waals surface area contributed by atoms with Crippen molar-refractivity contribution in [1.29, 1.82) is 0 Å². The van der Waals surface area contributed by atoms with Crippen molar-refractivity contribution >= 4 is 0 Å². The van der Waals surface area contributed by atoms with Gasteiger partial charge in [0.2, 0.25) is 0 Å². The molecule has 0 aliphatic heterocycles. The summed E-state index contributed by atoms with van der Waals surface area (Å²) in [5.41, 5.74) is 5.09. The molecule has 0 aliphatic carbocycles. The number of halogens is 6. The minimum Gasteiger partial charge on any atom is -0.328 e. The van der Waals surface area contributed by atoms with E-state index < -0.39 is 44.1 Å². The summed E-state index contributed by atoms with van der Waals surface area (Å²) in [6.45, 7) is 0. The van der Waals surface area contributed by atoms with Gasteiger partial charge in [0.25, 0.3) is 0 Å². The molecule has 0 spiro atoms. The van der Waals surface area contributed by atoms with E-state index in [0.717, 1.165) is 0 Å². The third-order valence-electron chi connectivity index (χ3n) is 1.60. The van der Waals surface area contributed by atoms with Gasteiger partial charge in [0.15, 0.2) is 0 Å². The maximum atomic E-state index is 11.6. The molecule has 86 valence electrons. The fraction of sp³-hybridized carbons (Fsp3) is 1.00. The lowest BCUT2D eigenvalue weighted by molar-refractivity contribution is -0.140. The molecular weight excluding hydrogens is 212 g/mol. The van der Waals surface area contributed by atoms with Gasteiger partial charge in [-0.2, -0.15) is 26.3 Å². The van der Waals surface area contributed by atoms with E-state index in [9.17, 15) is 26.3 Å². The Balaban J connectivity index is 3.62. The third-order valence-corrected chi connectivity index (χ3v) is 1.60. The normalized spacial score (nSPS) is 13.7. The van der Waals surface area contributed by atoms with Crippen LogP contribution in [0.2, 0.25) is 0 Å². The summed E-state index contributed by atoms with van der Waals surface area (Å²) in [4.78, 5) is 0. The van der Waals surface area contributed by atoms with E-state index in [4.69, 9.17) is 5.73 Å². The van der Waals surface area contributed by atoms with Crippen LogP contribution in [0.25, 0.3) is 0 Å². The first kappa shape index (κ1) is 13.5. The Bertz CT molecular complexity index is 143. The van der Waals surface area contributed by atoms with Gasteiger partial charge in [0.05, 0.1) is 0 Å². The second-order valence-corrected chi connectivity index (χ2v) is 3.07. The molecule has 0 bridgehead atoms. The number of alkyl halides is 6. The van der Waals surface area contributed by atoms with Crippen LogP contribution >= 0.6 is 0 Å². The summed E-state index contributed by atoms with van der Waals surface area (Å²) in [6, 6.07) is -1.04. The zero-order valence-corrected chi connectivity index (χ0v) is 7.25. The zero-order valence-electron chi connectivity index (χ0n) is 7.25. The molecule has 0 aromatic carbocycles. The topological polar surface area (TPSA) is 26.0 Å². The molecule has 0 fully saturated rings. The zero-order chi connectivity index (χ0) is 11.4. The van der Waals surface area contributed by atoms with E-state index in [1.807, 2.05) is 0 Å². The van der Waals surface area contributed by atoms with Crippen molar-refractivity contribution in [2.45, 2.75) is 44.1 Å². The molecule has 0 unspecified atom stereocenters. The van der Waals surface area contributed by atoms with E-state index in [2.05, 4.69) is 0 Å². The van der Waals surface area contributed by atoms with Crippen molar-refractivity contribution in [2.24, 2.45) is 5.73 Å². The largest absolute Gasteiger partial charge is 0.389 e. The first-order chi connectivity index (χ1) is 6.10. The van der Waals surface area contributed by atoms with Gasteiger partial charge >= 0.3 is 12.4 Å². The number of hydrogen-bond donors (Lipinski definition) is 1. The molecule has 0 heterocycles. The van der Waals surface area contributed by atoms with E-state index in [1.165, 1.54) is 0 Å². The minimum atomic E-state index is -4.35. The van der Waals surface area contributed by atoms with Crippen LogP contribution in [0.4, 0.5) is 26.3 Å². The predicted molar refractivity (Wildman–Crippen MR) is 38.6 cm³/mol. The average molecular weight is 223 g/mol. The van der Waals surface area contributed by atoms with Crippen LogP contribution in [-0.2, 0) is 0 Å². The maximum Gasteiger partial charge on any atom is 0.389 e. The second kappa shape index (κ2) is 4.86. The first-order valence-electron chi connectivity index (χ1n) is 3.99. The number of rotatable bonds is 4. The molecule has 0 rings (SSSR count). The molecule has 0 aromatic heterocycles. The van der Waals surface area contributed by atoms with Gasteiger partial charge in [-0.25, -0.2) is 0 Å². The Morgan fingerprint density at radius 2 is 1.07 bits per heavy atom. The van der Waals surface area contributed by atoms with Crippen molar-refractivity contribution in [2.75, 3.05) is 0 Å². The molecule has 0 aromatic rings. The lowest BCUT2D eigenvalue weighted by Crippen LogP contribution is -2.25. The average Bonchev–Trinajstić information content (AvgIpc) is 1.94. The summed E-state index contributed by atoms with van der Waals surface area (Å²) in [5.74, 6) is 0. The third kappa shape index (κ3) is 9.63. The molecule has 0 saturated heterocycles. The first-order valence-corrected chi connectivity index (χ1v) is 3.99. The lowest BCUT2D eigenvalue weighted by Gasteiger charge is -2.14. The molecule has 2 N–H and O–H groups in total. The Labute approximate surface area is 77.3 Å². The van der Waals surface area contributed by atoms with Gasteiger partial charge in [-0.3, -0.25) is 0 Å². The molecule has 0 saturated carbocycles. The molecule has 14 heavy (non-hydrogen) atoms. The summed E-state index contributed by atoms with van der Waals surface area (Å²) in [7, 11) is 0. The molecular formula is C7H11F6N. The van der Waals surface area contributed by atoms with Gasteiger partial charge in [0, 0.05) is 18.9 Å². The van der Waals surface area contributed by atoms with Crippen LogP contribution in [0.15, 0.2) is 0 Å². The number of nitrogens with two attached hydrogens (primary N) is 1. The van der Waals surface area contributed by atoms with Crippen LogP contribution in [0, 0.1) is 0 Å². The van der Waals surface area contributed by atoms with Crippen molar-refractivity contribution in [3.8, 4) is 0 Å². The van der Waals surface area contributed by atoms with Crippen molar-refractivity contribution in [3.05, 3.63) is 0 Å². The van der Waals surface area contributed by atoms with Crippen LogP contribution in [0.1, 0.15) is 25.7 Å². The molecule has 1 nitrogen and oxygen atoms in total. The fourth-order valence-electron chi connectivity index (χ4n) is 0.842. The Morgan fingerprint density at radius 1 is 0.786 bits per heavy atom. The Hall–Kier alpha value is -0.460. The van der Waals surface area contributed by atoms with E-state index in [0.29, 0.717) is 0 Å². The van der Waals surface area contributed by atoms with Gasteiger partial charge in [0.1, 0.15) is 0 Å². The van der Waals surface area contributed by atoms with E-state index in [1.54, 1.807) is 0 Å². The fourth-order valence-corrected chi connectivity index (χ4v) is 0.842. The monoisotopic (exact) mass is 223 g/mol. The summed E-state index contributed by atoms with van der Waals surface area (Å²) in [6.07, 6.45) is -11.9. The smallest absolute Gasteiger partial charge is 0.328 e. The Morgan fingerprint density at radius 3 is 1.29 bits per heavy atom. The van der Waals surface area contributed by atoms with Crippen LogP contribution in [0.3, 0.4) is 0 Å². The highest BCUT2D eigenvalue weighted by atomic mass is 19.4. The standard InChI is InChI=1S/C7H11F6N/c8-6(9,10)3-1-5(14)2-4-7(11,12)13/h5H,1-4,14H2. The minimum absolute atomic E-state index is 0.459. The quantitative estimate of drug-likeness (QED) is 0.728. The van der Waals surface area contributed by atoms with E-state index in [-0.39, 0.29) is 0 Å². The summed E-state index contributed by atoms with van der Waals surface area (Å²) < 4.78 is 69.7. The highest BCUT2D eigenvalue weighted by Gasteiger charge is 2.30. The van der Waals surface area contributed by atoms with Crippen LogP contribution in [0.5, 0.6) is 0 Å². The SMILES string of the molecule is NC(CCC(F)(F)F)CCC(F)(F)F. The van der Waals surface area contributed by atoms with Crippen LogP contribution < -0.4 is 5.73 Å². The highest BCUT2D eigenvalue weighted by molar-refractivity contribution is 4.66. The van der Waals surface area contributed by atoms with Gasteiger partial charge < -0.3 is 5.73 Å². The highest BCUT2D eigenvalue weighted by Crippen LogP contribution is 2.25. The second-order valence-electron chi connectivity index (χ2n) is 3.07. The number of hydrogen-bond acceptors (Lipinski definition) is 1. The molecule has 0 aliphatic rings. The van der Waals surface area contributed by atoms with Gasteiger partial charge in [-0.1, -0.05) is 0 Å². The Kier molecular flexibility index (Phi) is 4.70. The van der Waals surface area contributed by atoms with Gasteiger partial charge in [-0.15, -0.1) is 0 Å². The molecule has 0 radical (unpaired) electrons. The predicted octanol–water partition coefficient (Wildman–Crippen LogP) is 3.00. The van der Waals surface area contributed by atoms with Gasteiger partial charge in [-0.05, 0) is 12.8 Å². The maximum absolute atomic E-state index is 11.6. The van der Waals surface area contributed by atoms with Crippen molar-refractivity contribution in [3.63, 3.8) is 0 Å². The van der Waals surface area contributed by atoms with E-state index >= 15 is 0 Å². The molecule has 0 atom stereocenters.